The third kappa shape index (κ3) is 5.20. The van der Waals surface area contributed by atoms with Crippen molar-refractivity contribution in [1.82, 2.24) is 10.2 Å². The summed E-state index contributed by atoms with van der Waals surface area (Å²) in [7, 11) is 0. The summed E-state index contributed by atoms with van der Waals surface area (Å²) in [4.78, 5) is 2.40. The fourth-order valence-corrected chi connectivity index (χ4v) is 1.83. The normalized spacial score (nSPS) is 17.7. The first-order valence-corrected chi connectivity index (χ1v) is 6.18. The molecule has 1 aliphatic rings. The van der Waals surface area contributed by atoms with Gasteiger partial charge in [0, 0.05) is 12.1 Å². The minimum atomic E-state index is 0.604. The highest BCUT2D eigenvalue weighted by molar-refractivity contribution is 4.90. The van der Waals surface area contributed by atoms with E-state index in [1.807, 2.05) is 0 Å². The lowest BCUT2D eigenvalue weighted by Gasteiger charge is -2.26. The second kappa shape index (κ2) is 6.87. The summed E-state index contributed by atoms with van der Waals surface area (Å²) in [5, 5.41) is 3.55. The van der Waals surface area contributed by atoms with Gasteiger partial charge < -0.3 is 5.32 Å². The van der Waals surface area contributed by atoms with Crippen molar-refractivity contribution in [3.63, 3.8) is 0 Å². The van der Waals surface area contributed by atoms with Crippen molar-refractivity contribution in [3.8, 4) is 12.3 Å². The molecule has 1 unspecified atom stereocenters. The fourth-order valence-electron chi connectivity index (χ4n) is 1.83. The van der Waals surface area contributed by atoms with Gasteiger partial charge >= 0.3 is 0 Å². The SMILES string of the molecule is C#CCN(CCC)C(C)CCNC1CC1. The highest BCUT2D eigenvalue weighted by atomic mass is 15.1. The van der Waals surface area contributed by atoms with E-state index in [-0.39, 0.29) is 0 Å². The molecule has 2 nitrogen and oxygen atoms in total. The van der Waals surface area contributed by atoms with Crippen LogP contribution in [0.1, 0.15) is 39.5 Å². The van der Waals surface area contributed by atoms with Crippen molar-refractivity contribution in [2.45, 2.75) is 51.6 Å². The van der Waals surface area contributed by atoms with Gasteiger partial charge in [-0.15, -0.1) is 6.42 Å². The van der Waals surface area contributed by atoms with Gasteiger partial charge in [0.1, 0.15) is 0 Å². The Hall–Kier alpha value is -0.520. The molecule has 0 saturated heterocycles. The first-order valence-electron chi connectivity index (χ1n) is 6.18. The molecule has 1 fully saturated rings. The monoisotopic (exact) mass is 208 g/mol. The molecule has 0 aliphatic heterocycles. The number of hydrogen-bond donors (Lipinski definition) is 1. The molecule has 1 N–H and O–H groups in total. The molecule has 0 heterocycles. The van der Waals surface area contributed by atoms with Gasteiger partial charge in [-0.2, -0.15) is 0 Å². The van der Waals surface area contributed by atoms with Crippen molar-refractivity contribution < 1.29 is 0 Å². The summed E-state index contributed by atoms with van der Waals surface area (Å²) in [5.41, 5.74) is 0. The van der Waals surface area contributed by atoms with Crippen LogP contribution in [0.15, 0.2) is 0 Å². The number of terminal acetylenes is 1. The third-order valence-corrected chi connectivity index (χ3v) is 3.00. The van der Waals surface area contributed by atoms with Gasteiger partial charge in [0.25, 0.3) is 0 Å². The van der Waals surface area contributed by atoms with Crippen LogP contribution in [0.2, 0.25) is 0 Å². The quantitative estimate of drug-likeness (QED) is 0.613. The maximum absolute atomic E-state index is 5.38. The van der Waals surface area contributed by atoms with Crippen LogP contribution < -0.4 is 5.32 Å². The lowest BCUT2D eigenvalue weighted by molar-refractivity contribution is 0.223. The van der Waals surface area contributed by atoms with Gasteiger partial charge in [0.05, 0.1) is 6.54 Å². The van der Waals surface area contributed by atoms with Crippen molar-refractivity contribution in [2.75, 3.05) is 19.6 Å². The Labute approximate surface area is 94.4 Å². The smallest absolute Gasteiger partial charge is 0.0601 e. The topological polar surface area (TPSA) is 15.3 Å². The van der Waals surface area contributed by atoms with Gasteiger partial charge in [-0.3, -0.25) is 4.90 Å². The molecule has 86 valence electrons. The van der Waals surface area contributed by atoms with E-state index in [1.54, 1.807) is 0 Å². The standard InChI is InChI=1S/C13H24N2/c1-4-10-15(11-5-2)12(3)8-9-14-13-6-7-13/h1,12-14H,5-11H2,2-3H3. The first-order chi connectivity index (χ1) is 7.27. The summed E-state index contributed by atoms with van der Waals surface area (Å²) in [5.74, 6) is 2.75. The minimum absolute atomic E-state index is 0.604. The molecule has 0 aromatic heterocycles. The second-order valence-electron chi connectivity index (χ2n) is 4.54. The average Bonchev–Trinajstić information content (AvgIpc) is 3.01. The minimum Gasteiger partial charge on any atom is -0.314 e. The van der Waals surface area contributed by atoms with E-state index in [9.17, 15) is 0 Å². The van der Waals surface area contributed by atoms with Crippen LogP contribution in [0.5, 0.6) is 0 Å². The predicted octanol–water partition coefficient (Wildman–Crippen LogP) is 1.86. The highest BCUT2D eigenvalue weighted by Gasteiger charge is 2.20. The molecular weight excluding hydrogens is 184 g/mol. The van der Waals surface area contributed by atoms with Crippen LogP contribution in [0, 0.1) is 12.3 Å². The molecule has 0 aromatic rings. The Morgan fingerprint density at radius 3 is 2.80 bits per heavy atom. The van der Waals surface area contributed by atoms with E-state index in [1.165, 1.54) is 25.7 Å². The Bertz CT molecular complexity index is 203. The molecule has 1 aliphatic carbocycles. The van der Waals surface area contributed by atoms with E-state index in [0.29, 0.717) is 6.04 Å². The van der Waals surface area contributed by atoms with Gasteiger partial charge in [0.15, 0.2) is 0 Å². The second-order valence-corrected chi connectivity index (χ2v) is 4.54. The van der Waals surface area contributed by atoms with Gasteiger partial charge in [0.2, 0.25) is 0 Å². The Kier molecular flexibility index (Phi) is 5.75. The Balaban J connectivity index is 2.14. The molecule has 0 radical (unpaired) electrons. The number of nitrogens with zero attached hydrogens (tertiary/aromatic N) is 1. The average molecular weight is 208 g/mol. The summed E-state index contributed by atoms with van der Waals surface area (Å²) in [6.45, 7) is 7.53. The highest BCUT2D eigenvalue weighted by Crippen LogP contribution is 2.18. The Morgan fingerprint density at radius 1 is 1.53 bits per heavy atom. The lowest BCUT2D eigenvalue weighted by atomic mass is 10.2. The van der Waals surface area contributed by atoms with Gasteiger partial charge in [-0.1, -0.05) is 12.8 Å². The molecule has 15 heavy (non-hydrogen) atoms. The van der Waals surface area contributed by atoms with E-state index < -0.39 is 0 Å². The fraction of sp³-hybridized carbons (Fsp3) is 0.846. The third-order valence-electron chi connectivity index (χ3n) is 3.00. The van der Waals surface area contributed by atoms with Crippen molar-refractivity contribution in [3.05, 3.63) is 0 Å². The van der Waals surface area contributed by atoms with Crippen LogP contribution in [-0.2, 0) is 0 Å². The molecule has 0 spiro atoms. The van der Waals surface area contributed by atoms with Crippen LogP contribution in [0.3, 0.4) is 0 Å². The van der Waals surface area contributed by atoms with E-state index in [4.69, 9.17) is 6.42 Å². The summed E-state index contributed by atoms with van der Waals surface area (Å²) in [6, 6.07) is 1.43. The summed E-state index contributed by atoms with van der Waals surface area (Å²) < 4.78 is 0. The largest absolute Gasteiger partial charge is 0.314 e. The van der Waals surface area contributed by atoms with Crippen LogP contribution in [0.4, 0.5) is 0 Å². The molecule has 0 aromatic carbocycles. The number of rotatable bonds is 8. The predicted molar refractivity (Wildman–Crippen MR) is 65.8 cm³/mol. The molecular formula is C13H24N2. The summed E-state index contributed by atoms with van der Waals surface area (Å²) >= 11 is 0. The van der Waals surface area contributed by atoms with Gasteiger partial charge in [-0.05, 0) is 45.7 Å². The molecule has 0 bridgehead atoms. The van der Waals surface area contributed by atoms with Crippen molar-refractivity contribution in [2.24, 2.45) is 0 Å². The maximum atomic E-state index is 5.38. The molecule has 1 saturated carbocycles. The van der Waals surface area contributed by atoms with Crippen LogP contribution >= 0.6 is 0 Å². The summed E-state index contributed by atoms with van der Waals surface area (Å²) in [6.07, 6.45) is 10.5. The zero-order valence-corrected chi connectivity index (χ0v) is 10.1. The van der Waals surface area contributed by atoms with Crippen LogP contribution in [0.25, 0.3) is 0 Å². The first kappa shape index (κ1) is 12.5. The van der Waals surface area contributed by atoms with Crippen molar-refractivity contribution in [1.29, 1.82) is 0 Å². The van der Waals surface area contributed by atoms with E-state index >= 15 is 0 Å². The lowest BCUT2D eigenvalue weighted by Crippen LogP contribution is -2.36. The van der Waals surface area contributed by atoms with Crippen LogP contribution in [-0.4, -0.2) is 36.6 Å². The van der Waals surface area contributed by atoms with Crippen molar-refractivity contribution >= 4 is 0 Å². The van der Waals surface area contributed by atoms with E-state index in [0.717, 1.165) is 25.7 Å². The van der Waals surface area contributed by atoms with E-state index in [2.05, 4.69) is 30.0 Å². The van der Waals surface area contributed by atoms with Gasteiger partial charge in [-0.25, -0.2) is 0 Å². The zero-order valence-electron chi connectivity index (χ0n) is 10.1. The zero-order chi connectivity index (χ0) is 11.1. The molecule has 1 rings (SSSR count). The molecule has 2 heteroatoms. The Morgan fingerprint density at radius 2 is 2.27 bits per heavy atom. The maximum Gasteiger partial charge on any atom is 0.0601 e. The molecule has 1 atom stereocenters. The molecule has 0 amide bonds. The number of hydrogen-bond acceptors (Lipinski definition) is 2. The number of nitrogens with one attached hydrogen (secondary N) is 1.